The van der Waals surface area contributed by atoms with Gasteiger partial charge in [0.15, 0.2) is 0 Å². The van der Waals surface area contributed by atoms with Crippen molar-refractivity contribution in [3.63, 3.8) is 0 Å². The minimum Gasteiger partial charge on any atom is -0.325 e. The van der Waals surface area contributed by atoms with Crippen LogP contribution in [0, 0.1) is 11.8 Å². The third kappa shape index (κ3) is 3.01. The highest BCUT2D eigenvalue weighted by atomic mass is 32.2. The van der Waals surface area contributed by atoms with E-state index in [4.69, 9.17) is 0 Å². The molecule has 3 fully saturated rings. The second-order valence-electron chi connectivity index (χ2n) is 6.72. The zero-order chi connectivity index (χ0) is 13.9. The molecule has 2 heterocycles. The maximum Gasteiger partial charge on any atom is 0.241 e. The Morgan fingerprint density at radius 2 is 2.10 bits per heavy atom. The van der Waals surface area contributed by atoms with E-state index < -0.39 is 0 Å². The Labute approximate surface area is 127 Å². The molecule has 3 aliphatic rings. The van der Waals surface area contributed by atoms with Crippen LogP contribution >= 0.6 is 11.8 Å². The lowest BCUT2D eigenvalue weighted by atomic mass is 10.0. The zero-order valence-electron chi connectivity index (χ0n) is 12.6. The van der Waals surface area contributed by atoms with Crippen LogP contribution in [0.2, 0.25) is 0 Å². The highest BCUT2D eigenvalue weighted by molar-refractivity contribution is 7.99. The van der Waals surface area contributed by atoms with Gasteiger partial charge in [-0.15, -0.1) is 0 Å². The van der Waals surface area contributed by atoms with Crippen molar-refractivity contribution < 1.29 is 4.79 Å². The van der Waals surface area contributed by atoms with E-state index in [2.05, 4.69) is 28.9 Å². The highest BCUT2D eigenvalue weighted by Crippen LogP contribution is 2.34. The number of hydrogen-bond acceptors (Lipinski definition) is 3. The smallest absolute Gasteiger partial charge is 0.241 e. The van der Waals surface area contributed by atoms with Crippen LogP contribution in [0.15, 0.2) is 0 Å². The molecule has 0 bridgehead atoms. The lowest BCUT2D eigenvalue weighted by Crippen LogP contribution is -2.44. The normalized spacial score (nSPS) is 35.4. The van der Waals surface area contributed by atoms with E-state index in [9.17, 15) is 4.79 Å². The summed E-state index contributed by atoms with van der Waals surface area (Å²) in [6.07, 6.45) is 9.04. The molecule has 1 aliphatic carbocycles. The molecule has 2 aliphatic heterocycles. The van der Waals surface area contributed by atoms with E-state index in [-0.39, 0.29) is 6.04 Å². The number of rotatable bonds is 5. The Bertz CT molecular complexity index is 337. The first kappa shape index (κ1) is 14.7. The molecule has 1 amide bonds. The molecule has 114 valence electrons. The van der Waals surface area contributed by atoms with Gasteiger partial charge < -0.3 is 4.90 Å². The molecular weight excluding hydrogens is 268 g/mol. The molecule has 1 saturated carbocycles. The first-order chi connectivity index (χ1) is 9.79. The monoisotopic (exact) mass is 296 g/mol. The quantitative estimate of drug-likeness (QED) is 0.847. The molecule has 3 unspecified atom stereocenters. The Morgan fingerprint density at radius 3 is 2.75 bits per heavy atom. The van der Waals surface area contributed by atoms with E-state index in [1.165, 1.54) is 43.6 Å². The fourth-order valence-corrected chi connectivity index (χ4v) is 5.34. The minimum absolute atomic E-state index is 0.0969. The number of amides is 1. The van der Waals surface area contributed by atoms with E-state index in [1.54, 1.807) is 0 Å². The van der Waals surface area contributed by atoms with Crippen molar-refractivity contribution in [1.82, 2.24) is 10.2 Å². The molecule has 3 nitrogen and oxygen atoms in total. The highest BCUT2D eigenvalue weighted by Gasteiger charge is 2.43. The Kier molecular flexibility index (Phi) is 4.92. The SMILES string of the molecule is CCCC1NC(C2CCCC2)N(CC2CCSC2)C1=O. The average molecular weight is 296 g/mol. The largest absolute Gasteiger partial charge is 0.325 e. The van der Waals surface area contributed by atoms with Crippen LogP contribution in [0.5, 0.6) is 0 Å². The van der Waals surface area contributed by atoms with Crippen LogP contribution in [0.4, 0.5) is 0 Å². The Morgan fingerprint density at radius 1 is 1.30 bits per heavy atom. The van der Waals surface area contributed by atoms with Crippen molar-refractivity contribution in [2.75, 3.05) is 18.1 Å². The van der Waals surface area contributed by atoms with E-state index >= 15 is 0 Å². The summed E-state index contributed by atoms with van der Waals surface area (Å²) in [7, 11) is 0. The molecule has 3 atom stereocenters. The summed E-state index contributed by atoms with van der Waals surface area (Å²) in [4.78, 5) is 14.9. The Balaban J connectivity index is 1.68. The van der Waals surface area contributed by atoms with Gasteiger partial charge in [-0.25, -0.2) is 0 Å². The van der Waals surface area contributed by atoms with Gasteiger partial charge in [0.05, 0.1) is 12.2 Å². The molecule has 0 aromatic carbocycles. The second-order valence-corrected chi connectivity index (χ2v) is 7.87. The maximum absolute atomic E-state index is 12.7. The fraction of sp³-hybridized carbons (Fsp3) is 0.938. The lowest BCUT2D eigenvalue weighted by Gasteiger charge is -2.30. The maximum atomic E-state index is 12.7. The van der Waals surface area contributed by atoms with Gasteiger partial charge in [0.25, 0.3) is 0 Å². The number of carbonyl (C=O) groups is 1. The predicted octanol–water partition coefficient (Wildman–Crippen LogP) is 2.86. The topological polar surface area (TPSA) is 32.3 Å². The van der Waals surface area contributed by atoms with Gasteiger partial charge in [0.2, 0.25) is 5.91 Å². The molecule has 0 radical (unpaired) electrons. The van der Waals surface area contributed by atoms with Crippen molar-refractivity contribution in [2.24, 2.45) is 11.8 Å². The first-order valence-electron chi connectivity index (χ1n) is 8.44. The molecule has 2 saturated heterocycles. The van der Waals surface area contributed by atoms with Gasteiger partial charge in [0.1, 0.15) is 0 Å². The van der Waals surface area contributed by atoms with Crippen LogP contribution in [0.25, 0.3) is 0 Å². The van der Waals surface area contributed by atoms with Crippen LogP contribution in [0.3, 0.4) is 0 Å². The summed E-state index contributed by atoms with van der Waals surface area (Å²) in [6.45, 7) is 3.18. The van der Waals surface area contributed by atoms with Crippen molar-refractivity contribution in [3.8, 4) is 0 Å². The molecule has 20 heavy (non-hydrogen) atoms. The summed E-state index contributed by atoms with van der Waals surface area (Å²) >= 11 is 2.05. The fourth-order valence-electron chi connectivity index (χ4n) is 4.07. The zero-order valence-corrected chi connectivity index (χ0v) is 13.5. The average Bonchev–Trinajstić information content (AvgIpc) is 3.16. The molecule has 4 heteroatoms. The lowest BCUT2D eigenvalue weighted by molar-refractivity contribution is -0.131. The molecule has 1 N–H and O–H groups in total. The van der Waals surface area contributed by atoms with Gasteiger partial charge in [-0.05, 0) is 49.0 Å². The van der Waals surface area contributed by atoms with Crippen LogP contribution in [0.1, 0.15) is 51.9 Å². The van der Waals surface area contributed by atoms with E-state index in [1.807, 2.05) is 0 Å². The molecular formula is C16H28N2OS. The third-order valence-corrected chi connectivity index (χ3v) is 6.42. The number of nitrogens with zero attached hydrogens (tertiary/aromatic N) is 1. The van der Waals surface area contributed by atoms with E-state index in [0.29, 0.717) is 18.0 Å². The minimum atomic E-state index is 0.0969. The van der Waals surface area contributed by atoms with E-state index in [0.717, 1.165) is 25.3 Å². The molecule has 0 aromatic rings. The van der Waals surface area contributed by atoms with Crippen LogP contribution in [-0.2, 0) is 4.79 Å². The Hall–Kier alpha value is -0.220. The van der Waals surface area contributed by atoms with Gasteiger partial charge in [-0.2, -0.15) is 11.8 Å². The molecule has 3 rings (SSSR count). The number of hydrogen-bond donors (Lipinski definition) is 1. The van der Waals surface area contributed by atoms with Crippen molar-refractivity contribution >= 4 is 17.7 Å². The summed E-state index contributed by atoms with van der Waals surface area (Å²) < 4.78 is 0. The van der Waals surface area contributed by atoms with Crippen molar-refractivity contribution in [2.45, 2.75) is 64.1 Å². The molecule has 0 aromatic heterocycles. The first-order valence-corrected chi connectivity index (χ1v) is 9.59. The van der Waals surface area contributed by atoms with Crippen LogP contribution < -0.4 is 5.32 Å². The van der Waals surface area contributed by atoms with Crippen molar-refractivity contribution in [1.29, 1.82) is 0 Å². The second kappa shape index (κ2) is 6.69. The van der Waals surface area contributed by atoms with Gasteiger partial charge in [-0.3, -0.25) is 10.1 Å². The summed E-state index contributed by atoms with van der Waals surface area (Å²) in [5, 5.41) is 3.68. The number of thioether (sulfide) groups is 1. The van der Waals surface area contributed by atoms with Crippen LogP contribution in [-0.4, -0.2) is 41.1 Å². The summed E-state index contributed by atoms with van der Waals surface area (Å²) in [5.74, 6) is 4.36. The number of nitrogens with one attached hydrogen (secondary N) is 1. The molecule has 0 spiro atoms. The van der Waals surface area contributed by atoms with Gasteiger partial charge in [-0.1, -0.05) is 26.2 Å². The standard InChI is InChI=1S/C16H28N2OS/c1-2-5-14-16(19)18(10-12-8-9-20-11-12)15(17-14)13-6-3-4-7-13/h12-15,17H,2-11H2,1H3. The van der Waals surface area contributed by atoms with Gasteiger partial charge >= 0.3 is 0 Å². The summed E-state index contributed by atoms with van der Waals surface area (Å²) in [5.41, 5.74) is 0. The summed E-state index contributed by atoms with van der Waals surface area (Å²) in [6, 6.07) is 0.0969. The van der Waals surface area contributed by atoms with Crippen molar-refractivity contribution in [3.05, 3.63) is 0 Å². The van der Waals surface area contributed by atoms with Gasteiger partial charge in [0, 0.05) is 6.54 Å². The third-order valence-electron chi connectivity index (χ3n) is 5.19. The number of carbonyl (C=O) groups excluding carboxylic acids is 1. The predicted molar refractivity (Wildman–Crippen MR) is 84.7 cm³/mol.